The van der Waals surface area contributed by atoms with Crippen LogP contribution in [0.15, 0.2) is 24.3 Å². The van der Waals surface area contributed by atoms with Crippen LogP contribution in [0.3, 0.4) is 0 Å². The highest BCUT2D eigenvalue weighted by Crippen LogP contribution is 2.31. The lowest BCUT2D eigenvalue weighted by Crippen LogP contribution is -2.45. The summed E-state index contributed by atoms with van der Waals surface area (Å²) in [5.74, 6) is 0. The van der Waals surface area contributed by atoms with Crippen LogP contribution in [0.2, 0.25) is 0 Å². The van der Waals surface area contributed by atoms with Gasteiger partial charge in [0, 0.05) is 19.1 Å². The fourth-order valence-corrected chi connectivity index (χ4v) is 1.82. The number of hydrogen-bond acceptors (Lipinski definition) is 2. The van der Waals surface area contributed by atoms with Crippen molar-refractivity contribution >= 4 is 11.4 Å². The molecule has 0 saturated heterocycles. The second-order valence-corrected chi connectivity index (χ2v) is 3.80. The van der Waals surface area contributed by atoms with E-state index in [1.807, 2.05) is 0 Å². The van der Waals surface area contributed by atoms with Crippen LogP contribution in [0.5, 0.6) is 0 Å². The van der Waals surface area contributed by atoms with Gasteiger partial charge >= 0.3 is 0 Å². The highest BCUT2D eigenvalue weighted by molar-refractivity contribution is 5.72. The minimum absolute atomic E-state index is 0.514. The Balaban J connectivity index is 2.43. The number of fused-ring (bicyclic) bond motifs is 1. The minimum atomic E-state index is 0.514. The molecule has 0 spiro atoms. The predicted octanol–water partition coefficient (Wildman–Crippen LogP) is 2.33. The third-order valence-corrected chi connectivity index (χ3v) is 3.00. The lowest BCUT2D eigenvalue weighted by atomic mass is 10.0. The first kappa shape index (κ1) is 8.42. The van der Waals surface area contributed by atoms with E-state index in [1.54, 1.807) is 0 Å². The van der Waals surface area contributed by atoms with Crippen molar-refractivity contribution in [1.82, 2.24) is 0 Å². The third kappa shape index (κ3) is 1.26. The topological polar surface area (TPSA) is 15.3 Å². The van der Waals surface area contributed by atoms with E-state index in [2.05, 4.69) is 55.4 Å². The monoisotopic (exact) mass is 176 g/mol. The van der Waals surface area contributed by atoms with Crippen molar-refractivity contribution in [2.75, 3.05) is 17.3 Å². The van der Waals surface area contributed by atoms with Crippen molar-refractivity contribution in [2.24, 2.45) is 0 Å². The molecule has 2 heteroatoms. The lowest BCUT2D eigenvalue weighted by Gasteiger charge is -2.39. The Labute approximate surface area is 79.6 Å². The molecule has 0 saturated carbocycles. The van der Waals surface area contributed by atoms with Gasteiger partial charge in [0.1, 0.15) is 0 Å². The molecular formula is C11H16N2. The van der Waals surface area contributed by atoms with Crippen LogP contribution in [-0.4, -0.2) is 19.1 Å². The van der Waals surface area contributed by atoms with Crippen LogP contribution in [0.1, 0.15) is 13.8 Å². The van der Waals surface area contributed by atoms with Crippen molar-refractivity contribution in [3.8, 4) is 0 Å². The molecule has 1 aromatic carbocycles. The van der Waals surface area contributed by atoms with Gasteiger partial charge in [0.15, 0.2) is 0 Å². The summed E-state index contributed by atoms with van der Waals surface area (Å²) in [6, 6.07) is 9.51. The van der Waals surface area contributed by atoms with Crippen molar-refractivity contribution < 1.29 is 0 Å². The van der Waals surface area contributed by atoms with Gasteiger partial charge in [0.05, 0.1) is 11.4 Å². The Morgan fingerprint density at radius 2 is 1.92 bits per heavy atom. The summed E-state index contributed by atoms with van der Waals surface area (Å²) in [5, 5.41) is 3.50. The van der Waals surface area contributed by atoms with E-state index in [0.29, 0.717) is 12.1 Å². The number of nitrogens with one attached hydrogen (secondary N) is 1. The van der Waals surface area contributed by atoms with Crippen LogP contribution in [-0.2, 0) is 0 Å². The number of benzene rings is 1. The average molecular weight is 176 g/mol. The second kappa shape index (κ2) is 2.95. The highest BCUT2D eigenvalue weighted by Gasteiger charge is 2.24. The van der Waals surface area contributed by atoms with Gasteiger partial charge in [-0.1, -0.05) is 12.1 Å². The summed E-state index contributed by atoms with van der Waals surface area (Å²) in [6.45, 7) is 4.46. The molecule has 0 aromatic heterocycles. The van der Waals surface area contributed by atoms with Gasteiger partial charge in [-0.25, -0.2) is 0 Å². The molecule has 0 fully saturated rings. The van der Waals surface area contributed by atoms with Crippen LogP contribution >= 0.6 is 0 Å². The Morgan fingerprint density at radius 1 is 1.23 bits per heavy atom. The zero-order chi connectivity index (χ0) is 9.42. The van der Waals surface area contributed by atoms with E-state index in [4.69, 9.17) is 0 Å². The van der Waals surface area contributed by atoms with Crippen molar-refractivity contribution in [3.05, 3.63) is 24.3 Å². The first-order valence-electron chi connectivity index (χ1n) is 4.78. The summed E-state index contributed by atoms with van der Waals surface area (Å²) < 4.78 is 0. The van der Waals surface area contributed by atoms with Crippen molar-refractivity contribution in [1.29, 1.82) is 0 Å². The zero-order valence-electron chi connectivity index (χ0n) is 8.41. The van der Waals surface area contributed by atoms with Gasteiger partial charge in [-0.15, -0.1) is 0 Å². The van der Waals surface area contributed by atoms with Gasteiger partial charge in [0.25, 0.3) is 0 Å². The maximum atomic E-state index is 3.50. The summed E-state index contributed by atoms with van der Waals surface area (Å²) in [7, 11) is 2.15. The molecule has 2 atom stereocenters. The molecule has 0 bridgehead atoms. The molecule has 2 unspecified atom stereocenters. The number of likely N-dealkylation sites (N-methyl/N-ethyl adjacent to an activating group) is 1. The van der Waals surface area contributed by atoms with Gasteiger partial charge in [-0.05, 0) is 26.0 Å². The quantitative estimate of drug-likeness (QED) is 0.652. The molecule has 0 radical (unpaired) electrons. The number of nitrogens with zero attached hydrogens (tertiary/aromatic N) is 1. The smallest absolute Gasteiger partial charge is 0.0602 e. The lowest BCUT2D eigenvalue weighted by molar-refractivity contribution is 0.587. The van der Waals surface area contributed by atoms with Crippen LogP contribution in [0.25, 0.3) is 0 Å². The predicted molar refractivity (Wildman–Crippen MR) is 57.4 cm³/mol. The van der Waals surface area contributed by atoms with E-state index in [9.17, 15) is 0 Å². The van der Waals surface area contributed by atoms with Crippen molar-refractivity contribution in [3.63, 3.8) is 0 Å². The normalized spacial score (nSPS) is 26.5. The van der Waals surface area contributed by atoms with E-state index < -0.39 is 0 Å². The molecule has 0 amide bonds. The van der Waals surface area contributed by atoms with E-state index in [0.717, 1.165) is 0 Å². The summed E-state index contributed by atoms with van der Waals surface area (Å²) >= 11 is 0. The Morgan fingerprint density at radius 3 is 2.69 bits per heavy atom. The van der Waals surface area contributed by atoms with E-state index in [-0.39, 0.29) is 0 Å². The molecule has 1 heterocycles. The molecule has 1 aliphatic heterocycles. The average Bonchev–Trinajstić information content (AvgIpc) is 2.15. The maximum Gasteiger partial charge on any atom is 0.0602 e. The zero-order valence-corrected chi connectivity index (χ0v) is 8.41. The molecule has 13 heavy (non-hydrogen) atoms. The molecule has 0 aliphatic carbocycles. The van der Waals surface area contributed by atoms with Crippen LogP contribution < -0.4 is 10.2 Å². The Hall–Kier alpha value is -1.18. The summed E-state index contributed by atoms with van der Waals surface area (Å²) in [6.07, 6.45) is 0. The summed E-state index contributed by atoms with van der Waals surface area (Å²) in [4.78, 5) is 2.33. The molecule has 1 N–H and O–H groups in total. The van der Waals surface area contributed by atoms with Gasteiger partial charge in [0.2, 0.25) is 0 Å². The molecule has 70 valence electrons. The standard InChI is InChI=1S/C11H16N2/c1-8-9(2)13(3)11-7-5-4-6-10(11)12-8/h4-9,12H,1-3H3. The molecule has 2 rings (SSSR count). The van der Waals surface area contributed by atoms with Crippen molar-refractivity contribution in [2.45, 2.75) is 25.9 Å². The van der Waals surface area contributed by atoms with Crippen LogP contribution in [0.4, 0.5) is 11.4 Å². The van der Waals surface area contributed by atoms with Crippen LogP contribution in [0, 0.1) is 0 Å². The summed E-state index contributed by atoms with van der Waals surface area (Å²) in [5.41, 5.74) is 2.55. The van der Waals surface area contributed by atoms with Gasteiger partial charge in [-0.3, -0.25) is 0 Å². The van der Waals surface area contributed by atoms with E-state index in [1.165, 1.54) is 11.4 Å². The molecule has 1 aromatic rings. The second-order valence-electron chi connectivity index (χ2n) is 3.80. The highest BCUT2D eigenvalue weighted by atomic mass is 15.2. The Kier molecular flexibility index (Phi) is 1.91. The first-order valence-corrected chi connectivity index (χ1v) is 4.78. The number of rotatable bonds is 0. The number of anilines is 2. The SMILES string of the molecule is CC1Nc2ccccc2N(C)C1C. The number of para-hydroxylation sites is 2. The number of hydrogen-bond donors (Lipinski definition) is 1. The molecule has 1 aliphatic rings. The van der Waals surface area contributed by atoms with Gasteiger partial charge in [-0.2, -0.15) is 0 Å². The van der Waals surface area contributed by atoms with Gasteiger partial charge < -0.3 is 10.2 Å². The Bertz CT molecular complexity index is 309. The fraction of sp³-hybridized carbons (Fsp3) is 0.455. The minimum Gasteiger partial charge on any atom is -0.379 e. The largest absolute Gasteiger partial charge is 0.379 e. The molecular weight excluding hydrogens is 160 g/mol. The third-order valence-electron chi connectivity index (χ3n) is 3.00. The van der Waals surface area contributed by atoms with E-state index >= 15 is 0 Å². The molecule has 2 nitrogen and oxygen atoms in total. The maximum absolute atomic E-state index is 3.50. The first-order chi connectivity index (χ1) is 6.20. The fourth-order valence-electron chi connectivity index (χ4n) is 1.82.